The van der Waals surface area contributed by atoms with Gasteiger partial charge in [0.05, 0.1) is 6.04 Å². The maximum atomic E-state index is 4.62. The molecule has 0 spiro atoms. The molecule has 3 aromatic heterocycles. The van der Waals surface area contributed by atoms with Crippen LogP contribution in [0.1, 0.15) is 11.5 Å². The summed E-state index contributed by atoms with van der Waals surface area (Å²) in [6.45, 7) is 5.71. The summed E-state index contributed by atoms with van der Waals surface area (Å²) in [6.07, 6.45) is 5.69. The molecule has 9 heteroatoms. The van der Waals surface area contributed by atoms with Crippen LogP contribution in [0, 0.1) is 13.8 Å². The predicted octanol–water partition coefficient (Wildman–Crippen LogP) is 1.58. The second kappa shape index (κ2) is 6.14. The molecular weight excluding hydrogens is 336 g/mol. The van der Waals surface area contributed by atoms with E-state index in [1.807, 2.05) is 36.8 Å². The van der Waals surface area contributed by atoms with E-state index in [-0.39, 0.29) is 0 Å². The minimum absolute atomic E-state index is 0.384. The van der Waals surface area contributed by atoms with Gasteiger partial charge in [-0.1, -0.05) is 11.8 Å². The Balaban J connectivity index is 1.52. The lowest BCUT2D eigenvalue weighted by molar-refractivity contribution is 0.488. The zero-order chi connectivity index (χ0) is 17.6. The largest absolute Gasteiger partial charge is 0.353 e. The minimum Gasteiger partial charge on any atom is -0.353 e. The Morgan fingerprint density at radius 2 is 2.00 bits per heavy atom. The van der Waals surface area contributed by atoms with E-state index < -0.39 is 0 Å². The van der Waals surface area contributed by atoms with Crippen LogP contribution in [0.5, 0.6) is 0 Å². The van der Waals surface area contributed by atoms with Crippen molar-refractivity contribution in [2.45, 2.75) is 25.0 Å². The number of nitrogens with zero attached hydrogens (tertiary/aromatic N) is 8. The van der Waals surface area contributed by atoms with Crippen molar-refractivity contribution in [3.63, 3.8) is 0 Å². The standard InChI is InChI=1S/C16H20N8S/c1-10-7-13(19-16(18-10)25-4)22(3)12-8-23(9-12)14-15-21-20-11(2)24(15)6-5-17-14/h5-7,12H,8-9H2,1-4H3. The third-order valence-corrected chi connectivity index (χ3v) is 5.10. The number of fused-ring (bicyclic) bond motifs is 1. The zero-order valence-corrected chi connectivity index (χ0v) is 15.5. The van der Waals surface area contributed by atoms with Crippen LogP contribution >= 0.6 is 11.8 Å². The summed E-state index contributed by atoms with van der Waals surface area (Å²) in [4.78, 5) is 18.0. The highest BCUT2D eigenvalue weighted by Gasteiger charge is 2.33. The molecule has 4 heterocycles. The fraction of sp³-hybridized carbons (Fsp3) is 0.438. The third-order valence-electron chi connectivity index (χ3n) is 4.55. The molecule has 0 saturated carbocycles. The van der Waals surface area contributed by atoms with Gasteiger partial charge < -0.3 is 9.80 Å². The van der Waals surface area contributed by atoms with Gasteiger partial charge in [0.25, 0.3) is 0 Å². The van der Waals surface area contributed by atoms with Gasteiger partial charge in [0.1, 0.15) is 11.6 Å². The van der Waals surface area contributed by atoms with E-state index in [1.165, 1.54) is 0 Å². The molecule has 3 aromatic rings. The topological polar surface area (TPSA) is 75.3 Å². The first-order valence-corrected chi connectivity index (χ1v) is 9.33. The summed E-state index contributed by atoms with van der Waals surface area (Å²) in [5, 5.41) is 9.21. The number of aromatic nitrogens is 6. The quantitative estimate of drug-likeness (QED) is 0.515. The summed E-state index contributed by atoms with van der Waals surface area (Å²) < 4.78 is 1.97. The molecule has 0 aliphatic carbocycles. The van der Waals surface area contributed by atoms with Gasteiger partial charge in [0, 0.05) is 44.3 Å². The van der Waals surface area contributed by atoms with Crippen molar-refractivity contribution in [1.82, 2.24) is 29.5 Å². The Kier molecular flexibility index (Phi) is 3.95. The van der Waals surface area contributed by atoms with Crippen LogP contribution < -0.4 is 9.80 Å². The first kappa shape index (κ1) is 16.1. The van der Waals surface area contributed by atoms with Gasteiger partial charge in [0.15, 0.2) is 11.0 Å². The van der Waals surface area contributed by atoms with Crippen molar-refractivity contribution >= 4 is 29.0 Å². The number of hydrogen-bond acceptors (Lipinski definition) is 8. The van der Waals surface area contributed by atoms with Crippen LogP contribution in [0.3, 0.4) is 0 Å². The molecule has 1 saturated heterocycles. The molecule has 0 N–H and O–H groups in total. The third kappa shape index (κ3) is 2.78. The van der Waals surface area contributed by atoms with Gasteiger partial charge in [-0.25, -0.2) is 15.0 Å². The number of hydrogen-bond donors (Lipinski definition) is 0. The molecule has 8 nitrogen and oxygen atoms in total. The van der Waals surface area contributed by atoms with Gasteiger partial charge in [0.2, 0.25) is 5.65 Å². The molecule has 130 valence electrons. The van der Waals surface area contributed by atoms with E-state index in [2.05, 4.69) is 42.0 Å². The number of likely N-dealkylation sites (N-methyl/N-ethyl adjacent to an activating group) is 1. The SMILES string of the molecule is CSc1nc(C)cc(N(C)C2CN(c3nccn4c(C)nnc34)C2)n1. The van der Waals surface area contributed by atoms with E-state index in [0.717, 1.165) is 47.0 Å². The summed E-state index contributed by atoms with van der Waals surface area (Å²) in [6, 6.07) is 2.42. The van der Waals surface area contributed by atoms with Gasteiger partial charge in [-0.3, -0.25) is 4.40 Å². The lowest BCUT2D eigenvalue weighted by atomic mass is 10.1. The predicted molar refractivity (Wildman–Crippen MR) is 98.5 cm³/mol. The Labute approximate surface area is 150 Å². The molecule has 0 atom stereocenters. The first-order chi connectivity index (χ1) is 12.1. The fourth-order valence-electron chi connectivity index (χ4n) is 3.01. The lowest BCUT2D eigenvalue weighted by Gasteiger charge is -2.45. The van der Waals surface area contributed by atoms with Gasteiger partial charge in [-0.2, -0.15) is 0 Å². The van der Waals surface area contributed by atoms with Crippen LogP contribution in [-0.2, 0) is 0 Å². The van der Waals surface area contributed by atoms with Crippen molar-refractivity contribution in [3.8, 4) is 0 Å². The van der Waals surface area contributed by atoms with E-state index in [1.54, 1.807) is 18.0 Å². The summed E-state index contributed by atoms with van der Waals surface area (Å²) in [5.41, 5.74) is 1.80. The Bertz CT molecular complexity index is 918. The van der Waals surface area contributed by atoms with Crippen molar-refractivity contribution < 1.29 is 0 Å². The zero-order valence-electron chi connectivity index (χ0n) is 14.7. The van der Waals surface area contributed by atoms with Crippen molar-refractivity contribution in [2.24, 2.45) is 0 Å². The number of anilines is 2. The molecule has 4 rings (SSSR count). The van der Waals surface area contributed by atoms with E-state index in [4.69, 9.17) is 0 Å². The Hall–Kier alpha value is -2.42. The second-order valence-corrected chi connectivity index (χ2v) is 6.99. The highest BCUT2D eigenvalue weighted by atomic mass is 32.2. The molecule has 1 fully saturated rings. The monoisotopic (exact) mass is 356 g/mol. The molecule has 25 heavy (non-hydrogen) atoms. The molecule has 1 aliphatic rings. The number of thioether (sulfide) groups is 1. The van der Waals surface area contributed by atoms with Crippen LogP contribution in [0.2, 0.25) is 0 Å². The average Bonchev–Trinajstić information content (AvgIpc) is 2.95. The average molecular weight is 356 g/mol. The first-order valence-electron chi connectivity index (χ1n) is 8.10. The molecule has 0 radical (unpaired) electrons. The van der Waals surface area contributed by atoms with E-state index in [0.29, 0.717) is 6.04 Å². The van der Waals surface area contributed by atoms with Gasteiger partial charge in [-0.15, -0.1) is 10.2 Å². The van der Waals surface area contributed by atoms with E-state index in [9.17, 15) is 0 Å². The highest BCUT2D eigenvalue weighted by molar-refractivity contribution is 7.98. The summed E-state index contributed by atoms with van der Waals surface area (Å²) >= 11 is 1.57. The van der Waals surface area contributed by atoms with E-state index >= 15 is 0 Å². The van der Waals surface area contributed by atoms with Crippen LogP contribution in [0.4, 0.5) is 11.6 Å². The fourth-order valence-corrected chi connectivity index (χ4v) is 3.43. The molecular formula is C16H20N8S. The number of aryl methyl sites for hydroxylation is 2. The minimum atomic E-state index is 0.384. The van der Waals surface area contributed by atoms with Gasteiger partial charge in [-0.05, 0) is 20.1 Å². The van der Waals surface area contributed by atoms with Crippen molar-refractivity contribution in [3.05, 3.63) is 30.0 Å². The maximum Gasteiger partial charge on any atom is 0.203 e. The van der Waals surface area contributed by atoms with Crippen LogP contribution in [0.15, 0.2) is 23.6 Å². The van der Waals surface area contributed by atoms with Crippen molar-refractivity contribution in [1.29, 1.82) is 0 Å². The van der Waals surface area contributed by atoms with Crippen molar-refractivity contribution in [2.75, 3.05) is 36.2 Å². The van der Waals surface area contributed by atoms with Crippen LogP contribution in [-0.4, -0.2) is 62.0 Å². The number of rotatable bonds is 4. The Morgan fingerprint density at radius 1 is 1.20 bits per heavy atom. The molecule has 1 aliphatic heterocycles. The molecule has 0 amide bonds. The maximum absolute atomic E-state index is 4.62. The normalized spacial score (nSPS) is 14.8. The van der Waals surface area contributed by atoms with Gasteiger partial charge >= 0.3 is 0 Å². The second-order valence-electron chi connectivity index (χ2n) is 6.22. The smallest absolute Gasteiger partial charge is 0.203 e. The van der Waals surface area contributed by atoms with Crippen LogP contribution in [0.25, 0.3) is 5.65 Å². The lowest BCUT2D eigenvalue weighted by Crippen LogP contribution is -2.59. The molecule has 0 bridgehead atoms. The Morgan fingerprint density at radius 3 is 2.76 bits per heavy atom. The molecule has 0 aromatic carbocycles. The summed E-state index contributed by atoms with van der Waals surface area (Å²) in [5.74, 6) is 2.72. The summed E-state index contributed by atoms with van der Waals surface area (Å²) in [7, 11) is 2.09. The highest BCUT2D eigenvalue weighted by Crippen LogP contribution is 2.27. The molecule has 0 unspecified atom stereocenters.